The third-order valence-electron chi connectivity index (χ3n) is 3.09. The molecule has 1 aromatic carbocycles. The summed E-state index contributed by atoms with van der Waals surface area (Å²) in [5.74, 6) is 0.542. The Hall–Kier alpha value is -1.65. The summed E-state index contributed by atoms with van der Waals surface area (Å²) in [6.45, 7) is 1.18. The van der Waals surface area contributed by atoms with Gasteiger partial charge in [0.25, 0.3) is 0 Å². The van der Waals surface area contributed by atoms with E-state index in [-0.39, 0.29) is 0 Å². The Morgan fingerprint density at radius 1 is 1.30 bits per heavy atom. The summed E-state index contributed by atoms with van der Waals surface area (Å²) in [5.41, 5.74) is 1.92. The van der Waals surface area contributed by atoms with Crippen LogP contribution in [-0.2, 0) is 13.2 Å². The summed E-state index contributed by atoms with van der Waals surface area (Å²) in [7, 11) is 0. The zero-order chi connectivity index (χ0) is 13.8. The summed E-state index contributed by atoms with van der Waals surface area (Å²) in [5, 5.41) is 4.11. The molecule has 0 saturated heterocycles. The summed E-state index contributed by atoms with van der Waals surface area (Å²) in [4.78, 5) is 8.59. The molecule has 2 aromatic rings. The molecule has 4 nitrogen and oxygen atoms in total. The Morgan fingerprint density at radius 2 is 2.20 bits per heavy atom. The number of benzene rings is 1. The zero-order valence-electron chi connectivity index (χ0n) is 11.1. The molecule has 104 valence electrons. The third kappa shape index (κ3) is 3.92. The van der Waals surface area contributed by atoms with Crippen LogP contribution < -0.4 is 10.1 Å². The van der Waals surface area contributed by atoms with Crippen LogP contribution in [-0.4, -0.2) is 16.0 Å². The zero-order valence-corrected chi connectivity index (χ0v) is 11.8. The van der Waals surface area contributed by atoms with Gasteiger partial charge in [0.15, 0.2) is 0 Å². The smallest absolute Gasteiger partial charge is 0.232 e. The molecule has 0 aliphatic heterocycles. The van der Waals surface area contributed by atoms with Gasteiger partial charge >= 0.3 is 0 Å². The predicted molar refractivity (Wildman–Crippen MR) is 77.7 cm³/mol. The molecule has 3 rings (SSSR count). The van der Waals surface area contributed by atoms with Crippen molar-refractivity contribution in [2.24, 2.45) is 0 Å². The number of halogens is 1. The molecular weight excluding hydrogens is 274 g/mol. The maximum absolute atomic E-state index is 5.94. The van der Waals surface area contributed by atoms with Crippen LogP contribution in [0.2, 0.25) is 5.02 Å². The van der Waals surface area contributed by atoms with E-state index in [1.54, 1.807) is 12.4 Å². The largest absolute Gasteiger partial charge is 0.472 e. The van der Waals surface area contributed by atoms with E-state index < -0.39 is 0 Å². The topological polar surface area (TPSA) is 47.0 Å². The van der Waals surface area contributed by atoms with Gasteiger partial charge in [-0.3, -0.25) is 4.98 Å². The second kappa shape index (κ2) is 6.20. The van der Waals surface area contributed by atoms with Crippen molar-refractivity contribution in [3.05, 3.63) is 52.9 Å². The lowest BCUT2D eigenvalue weighted by molar-refractivity contribution is 0.291. The van der Waals surface area contributed by atoms with Crippen molar-refractivity contribution in [2.45, 2.75) is 32.0 Å². The van der Waals surface area contributed by atoms with E-state index in [1.165, 1.54) is 12.8 Å². The van der Waals surface area contributed by atoms with Gasteiger partial charge in [0.1, 0.15) is 6.61 Å². The molecule has 1 aromatic heterocycles. The van der Waals surface area contributed by atoms with Crippen molar-refractivity contribution < 1.29 is 4.74 Å². The Bertz CT molecular complexity index is 587. The van der Waals surface area contributed by atoms with Gasteiger partial charge in [-0.2, -0.15) is 0 Å². The minimum atomic E-state index is 0.439. The van der Waals surface area contributed by atoms with Crippen LogP contribution in [0.1, 0.15) is 24.1 Å². The van der Waals surface area contributed by atoms with E-state index in [9.17, 15) is 0 Å². The van der Waals surface area contributed by atoms with E-state index in [2.05, 4.69) is 15.3 Å². The lowest BCUT2D eigenvalue weighted by Gasteiger charge is -2.07. The van der Waals surface area contributed by atoms with Crippen LogP contribution in [0.5, 0.6) is 5.88 Å². The normalized spacial score (nSPS) is 14.2. The monoisotopic (exact) mass is 289 g/mol. The maximum atomic E-state index is 5.94. The average molecular weight is 290 g/mol. The number of nitrogens with zero attached hydrogens (tertiary/aromatic N) is 2. The van der Waals surface area contributed by atoms with Gasteiger partial charge in [-0.15, -0.1) is 0 Å². The summed E-state index contributed by atoms with van der Waals surface area (Å²) >= 11 is 5.94. The highest BCUT2D eigenvalue weighted by Gasteiger charge is 2.20. The highest BCUT2D eigenvalue weighted by molar-refractivity contribution is 6.30. The van der Waals surface area contributed by atoms with Crippen molar-refractivity contribution in [1.82, 2.24) is 15.3 Å². The lowest BCUT2D eigenvalue weighted by Crippen LogP contribution is -2.16. The highest BCUT2D eigenvalue weighted by atomic mass is 35.5. The molecule has 0 unspecified atom stereocenters. The Balaban J connectivity index is 1.57. The SMILES string of the molecule is Clc1cccc(COc2cncc(CNC3CC3)n2)c1. The first-order chi connectivity index (χ1) is 9.79. The molecule has 1 N–H and O–H groups in total. The fourth-order valence-electron chi connectivity index (χ4n) is 1.86. The van der Waals surface area contributed by atoms with E-state index >= 15 is 0 Å². The number of hydrogen-bond acceptors (Lipinski definition) is 4. The van der Waals surface area contributed by atoms with Crippen LogP contribution in [0, 0.1) is 0 Å². The lowest BCUT2D eigenvalue weighted by atomic mass is 10.2. The summed E-state index contributed by atoms with van der Waals surface area (Å²) in [6.07, 6.45) is 5.92. The number of nitrogens with one attached hydrogen (secondary N) is 1. The van der Waals surface area contributed by atoms with Crippen LogP contribution in [0.4, 0.5) is 0 Å². The van der Waals surface area contributed by atoms with Crippen LogP contribution >= 0.6 is 11.6 Å². The highest BCUT2D eigenvalue weighted by Crippen LogP contribution is 2.19. The maximum Gasteiger partial charge on any atom is 0.232 e. The molecule has 1 aliphatic carbocycles. The molecule has 0 atom stereocenters. The third-order valence-corrected chi connectivity index (χ3v) is 3.32. The molecule has 0 bridgehead atoms. The first-order valence-corrected chi connectivity index (χ1v) is 7.09. The van der Waals surface area contributed by atoms with Crippen molar-refractivity contribution in [3.8, 4) is 5.88 Å². The molecule has 5 heteroatoms. The van der Waals surface area contributed by atoms with Gasteiger partial charge in [-0.25, -0.2) is 4.98 Å². The first-order valence-electron chi connectivity index (χ1n) is 6.71. The van der Waals surface area contributed by atoms with Crippen molar-refractivity contribution >= 4 is 11.6 Å². The number of aromatic nitrogens is 2. The van der Waals surface area contributed by atoms with Crippen molar-refractivity contribution in [1.29, 1.82) is 0 Å². The van der Waals surface area contributed by atoms with E-state index in [4.69, 9.17) is 16.3 Å². The summed E-state index contributed by atoms with van der Waals surface area (Å²) in [6, 6.07) is 8.26. The molecule has 1 fully saturated rings. The van der Waals surface area contributed by atoms with Gasteiger partial charge in [-0.05, 0) is 30.5 Å². The molecule has 0 amide bonds. The van der Waals surface area contributed by atoms with Gasteiger partial charge in [0.2, 0.25) is 5.88 Å². The molecule has 1 aliphatic rings. The van der Waals surface area contributed by atoms with Crippen LogP contribution in [0.3, 0.4) is 0 Å². The standard InChI is InChI=1S/C15H16ClN3O/c16-12-3-1-2-11(6-12)10-20-15-9-17-7-14(19-15)8-18-13-4-5-13/h1-3,6-7,9,13,18H,4-5,8,10H2. The molecular formula is C15H16ClN3O. The quantitative estimate of drug-likeness (QED) is 0.888. The molecule has 0 spiro atoms. The second-order valence-electron chi connectivity index (χ2n) is 4.92. The van der Waals surface area contributed by atoms with Gasteiger partial charge in [0.05, 0.1) is 11.9 Å². The van der Waals surface area contributed by atoms with Crippen molar-refractivity contribution in [2.75, 3.05) is 0 Å². The fraction of sp³-hybridized carbons (Fsp3) is 0.333. The van der Waals surface area contributed by atoms with Crippen molar-refractivity contribution in [3.63, 3.8) is 0 Å². The van der Waals surface area contributed by atoms with Gasteiger partial charge < -0.3 is 10.1 Å². The van der Waals surface area contributed by atoms with E-state index in [0.29, 0.717) is 23.6 Å². The Labute approximate surface area is 123 Å². The minimum absolute atomic E-state index is 0.439. The molecule has 1 saturated carbocycles. The summed E-state index contributed by atoms with van der Waals surface area (Å²) < 4.78 is 5.65. The van der Waals surface area contributed by atoms with Gasteiger partial charge in [0, 0.05) is 23.8 Å². The van der Waals surface area contributed by atoms with Crippen LogP contribution in [0.25, 0.3) is 0 Å². The second-order valence-corrected chi connectivity index (χ2v) is 5.36. The minimum Gasteiger partial charge on any atom is -0.472 e. The predicted octanol–water partition coefficient (Wildman–Crippen LogP) is 2.96. The molecule has 1 heterocycles. The van der Waals surface area contributed by atoms with Gasteiger partial charge in [-0.1, -0.05) is 23.7 Å². The average Bonchev–Trinajstić information content (AvgIpc) is 3.28. The number of ether oxygens (including phenoxy) is 1. The molecule has 20 heavy (non-hydrogen) atoms. The number of rotatable bonds is 6. The molecule has 0 radical (unpaired) electrons. The first kappa shape index (κ1) is 13.3. The Morgan fingerprint density at radius 3 is 3.00 bits per heavy atom. The Kier molecular flexibility index (Phi) is 4.14. The van der Waals surface area contributed by atoms with E-state index in [1.807, 2.05) is 24.3 Å². The fourth-order valence-corrected chi connectivity index (χ4v) is 2.07. The van der Waals surface area contributed by atoms with E-state index in [0.717, 1.165) is 17.8 Å². The number of hydrogen-bond donors (Lipinski definition) is 1. The van der Waals surface area contributed by atoms with Crippen LogP contribution in [0.15, 0.2) is 36.7 Å².